The predicted molar refractivity (Wildman–Crippen MR) is 75.5 cm³/mol. The molecule has 0 aliphatic rings. The molecule has 0 atom stereocenters. The Labute approximate surface area is 119 Å². The van der Waals surface area contributed by atoms with E-state index in [0.29, 0.717) is 12.5 Å². The Kier molecular flexibility index (Phi) is 7.00. The number of methoxy groups -OCH3 is 1. The summed E-state index contributed by atoms with van der Waals surface area (Å²) >= 11 is 12.1. The van der Waals surface area contributed by atoms with Gasteiger partial charge in [-0.25, -0.2) is 0 Å². The summed E-state index contributed by atoms with van der Waals surface area (Å²) in [7, 11) is 3.63. The molecule has 0 unspecified atom stereocenters. The molecule has 0 saturated heterocycles. The molecule has 1 heterocycles. The average molecular weight is 294 g/mol. The van der Waals surface area contributed by atoms with E-state index in [2.05, 4.69) is 16.9 Å². The fourth-order valence-corrected chi connectivity index (χ4v) is 2.41. The van der Waals surface area contributed by atoms with Crippen molar-refractivity contribution in [2.75, 3.05) is 32.7 Å². The van der Waals surface area contributed by atoms with E-state index in [1.807, 2.05) is 11.7 Å². The summed E-state index contributed by atoms with van der Waals surface area (Å²) in [5, 5.41) is 5.19. The van der Waals surface area contributed by atoms with Gasteiger partial charge in [-0.2, -0.15) is 5.10 Å². The zero-order valence-corrected chi connectivity index (χ0v) is 12.8. The first kappa shape index (κ1) is 15.8. The van der Waals surface area contributed by atoms with Gasteiger partial charge in [0.25, 0.3) is 0 Å². The number of hydrogen-bond donors (Lipinski definition) is 0. The number of nitrogens with zero attached hydrogens (tertiary/aromatic N) is 3. The summed E-state index contributed by atoms with van der Waals surface area (Å²) in [6, 6.07) is 0. The molecule has 0 fully saturated rings. The minimum Gasteiger partial charge on any atom is -0.383 e. The van der Waals surface area contributed by atoms with E-state index in [1.165, 1.54) is 0 Å². The van der Waals surface area contributed by atoms with Crippen molar-refractivity contribution in [1.29, 1.82) is 0 Å². The van der Waals surface area contributed by atoms with E-state index < -0.39 is 0 Å². The molecular weight excluding hydrogens is 273 g/mol. The van der Waals surface area contributed by atoms with E-state index in [1.54, 1.807) is 7.11 Å². The molecule has 0 aliphatic heterocycles. The molecule has 4 nitrogen and oxygen atoms in total. The lowest BCUT2D eigenvalue weighted by Gasteiger charge is -2.20. The molecule has 0 aliphatic carbocycles. The zero-order chi connectivity index (χ0) is 13.5. The molecule has 0 aromatic carbocycles. The van der Waals surface area contributed by atoms with Crippen molar-refractivity contribution in [3.8, 4) is 0 Å². The SMILES string of the molecule is CCc1nn(C)c(CN(CCCl)CCOC)c1Cl. The molecular formula is C12H21Cl2N3O. The third-order valence-corrected chi connectivity index (χ3v) is 3.49. The van der Waals surface area contributed by atoms with Gasteiger partial charge in [-0.15, -0.1) is 11.6 Å². The van der Waals surface area contributed by atoms with Gasteiger partial charge in [-0.3, -0.25) is 9.58 Å². The van der Waals surface area contributed by atoms with Gasteiger partial charge in [-0.05, 0) is 6.42 Å². The largest absolute Gasteiger partial charge is 0.383 e. The molecule has 0 saturated carbocycles. The molecule has 0 radical (unpaired) electrons. The number of ether oxygens (including phenoxy) is 1. The van der Waals surface area contributed by atoms with Crippen LogP contribution in [0.25, 0.3) is 0 Å². The highest BCUT2D eigenvalue weighted by molar-refractivity contribution is 6.31. The van der Waals surface area contributed by atoms with Gasteiger partial charge >= 0.3 is 0 Å². The van der Waals surface area contributed by atoms with Gasteiger partial charge < -0.3 is 4.74 Å². The van der Waals surface area contributed by atoms with Gasteiger partial charge in [-0.1, -0.05) is 18.5 Å². The fourth-order valence-electron chi connectivity index (χ4n) is 1.81. The summed E-state index contributed by atoms with van der Waals surface area (Å²) in [6.07, 6.45) is 0.847. The maximum absolute atomic E-state index is 6.33. The molecule has 1 rings (SSSR count). The third-order valence-electron chi connectivity index (χ3n) is 2.89. The minimum atomic E-state index is 0.597. The first-order valence-electron chi connectivity index (χ1n) is 6.11. The van der Waals surface area contributed by atoms with Gasteiger partial charge in [0.15, 0.2) is 0 Å². The van der Waals surface area contributed by atoms with Gasteiger partial charge in [0.05, 0.1) is 23.0 Å². The third kappa shape index (κ3) is 4.12. The van der Waals surface area contributed by atoms with Crippen LogP contribution in [0, 0.1) is 0 Å². The van der Waals surface area contributed by atoms with Gasteiger partial charge in [0.2, 0.25) is 0 Å². The number of alkyl halides is 1. The first-order valence-corrected chi connectivity index (χ1v) is 7.02. The number of hydrogen-bond acceptors (Lipinski definition) is 3. The Bertz CT molecular complexity index is 368. The number of aryl methyl sites for hydroxylation is 2. The van der Waals surface area contributed by atoms with Crippen molar-refractivity contribution in [2.24, 2.45) is 7.05 Å². The Balaban J connectivity index is 2.76. The van der Waals surface area contributed by atoms with Crippen LogP contribution in [0.5, 0.6) is 0 Å². The Morgan fingerprint density at radius 2 is 2.11 bits per heavy atom. The molecule has 1 aromatic heterocycles. The van der Waals surface area contributed by atoms with E-state index in [-0.39, 0.29) is 0 Å². The topological polar surface area (TPSA) is 30.3 Å². The lowest BCUT2D eigenvalue weighted by atomic mass is 10.3. The quantitative estimate of drug-likeness (QED) is 0.689. The highest BCUT2D eigenvalue weighted by Gasteiger charge is 2.15. The van der Waals surface area contributed by atoms with E-state index >= 15 is 0 Å². The summed E-state index contributed by atoms with van der Waals surface area (Å²) in [4.78, 5) is 2.22. The Hall–Kier alpha value is -0.290. The van der Waals surface area contributed by atoms with Crippen LogP contribution in [0.3, 0.4) is 0 Å². The van der Waals surface area contributed by atoms with Crippen LogP contribution in [0.4, 0.5) is 0 Å². The van der Waals surface area contributed by atoms with Crippen LogP contribution < -0.4 is 0 Å². The lowest BCUT2D eigenvalue weighted by molar-refractivity contribution is 0.146. The van der Waals surface area contributed by atoms with Crippen LogP contribution in [-0.2, 0) is 24.8 Å². The van der Waals surface area contributed by atoms with E-state index in [4.69, 9.17) is 27.9 Å². The van der Waals surface area contributed by atoms with Crippen molar-refractivity contribution in [1.82, 2.24) is 14.7 Å². The monoisotopic (exact) mass is 293 g/mol. The maximum Gasteiger partial charge on any atom is 0.0863 e. The summed E-state index contributed by atoms with van der Waals surface area (Å²) in [5.74, 6) is 0.597. The zero-order valence-electron chi connectivity index (χ0n) is 11.2. The second-order valence-corrected chi connectivity index (χ2v) is 4.90. The second kappa shape index (κ2) is 8.00. The van der Waals surface area contributed by atoms with Crippen LogP contribution in [0.1, 0.15) is 18.3 Å². The second-order valence-electron chi connectivity index (χ2n) is 4.14. The normalized spacial score (nSPS) is 11.4. The number of rotatable bonds is 8. The average Bonchev–Trinajstić information content (AvgIpc) is 2.63. The summed E-state index contributed by atoms with van der Waals surface area (Å²) in [5.41, 5.74) is 1.99. The van der Waals surface area contributed by atoms with Crippen LogP contribution in [0.2, 0.25) is 5.02 Å². The van der Waals surface area contributed by atoms with Crippen LogP contribution in [0.15, 0.2) is 0 Å². The van der Waals surface area contributed by atoms with Crippen LogP contribution >= 0.6 is 23.2 Å². The van der Waals surface area contributed by atoms with Crippen molar-refractivity contribution >= 4 is 23.2 Å². The summed E-state index contributed by atoms with van der Waals surface area (Å²) < 4.78 is 6.96. The predicted octanol–water partition coefficient (Wildman–Crippen LogP) is 2.32. The first-order chi connectivity index (χ1) is 8.63. The van der Waals surface area contributed by atoms with Crippen molar-refractivity contribution in [3.63, 3.8) is 0 Å². The number of aromatic nitrogens is 2. The van der Waals surface area contributed by atoms with E-state index in [9.17, 15) is 0 Å². The molecule has 0 spiro atoms. The molecule has 0 N–H and O–H groups in total. The molecule has 1 aromatic rings. The molecule has 0 amide bonds. The molecule has 104 valence electrons. The van der Waals surface area contributed by atoms with E-state index in [0.717, 1.165) is 42.5 Å². The Morgan fingerprint density at radius 3 is 2.61 bits per heavy atom. The highest BCUT2D eigenvalue weighted by atomic mass is 35.5. The van der Waals surface area contributed by atoms with Crippen molar-refractivity contribution < 1.29 is 4.74 Å². The van der Waals surface area contributed by atoms with Gasteiger partial charge in [0, 0.05) is 39.7 Å². The Morgan fingerprint density at radius 1 is 1.39 bits per heavy atom. The summed E-state index contributed by atoms with van der Waals surface area (Å²) in [6.45, 7) is 5.14. The van der Waals surface area contributed by atoms with Gasteiger partial charge in [0.1, 0.15) is 0 Å². The maximum atomic E-state index is 6.33. The smallest absolute Gasteiger partial charge is 0.0863 e. The van der Waals surface area contributed by atoms with Crippen LogP contribution in [-0.4, -0.2) is 47.4 Å². The molecule has 6 heteroatoms. The highest BCUT2D eigenvalue weighted by Crippen LogP contribution is 2.22. The van der Waals surface area contributed by atoms with Crippen molar-refractivity contribution in [2.45, 2.75) is 19.9 Å². The van der Waals surface area contributed by atoms with Crippen molar-refractivity contribution in [3.05, 3.63) is 16.4 Å². The number of halogens is 2. The molecule has 18 heavy (non-hydrogen) atoms. The minimum absolute atomic E-state index is 0.597. The fraction of sp³-hybridized carbons (Fsp3) is 0.750. The lowest BCUT2D eigenvalue weighted by Crippen LogP contribution is -2.29. The standard InChI is InChI=1S/C12H21Cl2N3O/c1-4-10-12(14)11(16(2)15-10)9-17(6-5-13)7-8-18-3/h4-9H2,1-3H3. The molecule has 0 bridgehead atoms.